The number of piperidine rings is 1. The smallest absolute Gasteiger partial charge is 0.235 e. The summed E-state index contributed by atoms with van der Waals surface area (Å²) in [5.74, 6) is 0.0898. The number of likely N-dealkylation sites (tertiary alicyclic amines) is 1. The van der Waals surface area contributed by atoms with E-state index in [0.717, 1.165) is 43.7 Å². The van der Waals surface area contributed by atoms with E-state index < -0.39 is 5.41 Å². The Kier molecular flexibility index (Phi) is 3.59. The molecule has 0 radical (unpaired) electrons. The van der Waals surface area contributed by atoms with Gasteiger partial charge in [0, 0.05) is 12.2 Å². The summed E-state index contributed by atoms with van der Waals surface area (Å²) in [7, 11) is 0. The minimum Gasteiger partial charge on any atom is -0.325 e. The molecular formula is C20H19N3O. The second-order valence-electron chi connectivity index (χ2n) is 6.67. The molecule has 0 atom stereocenters. The maximum absolute atomic E-state index is 12.7. The minimum absolute atomic E-state index is 0.0898. The van der Waals surface area contributed by atoms with Crippen LogP contribution in [0.1, 0.15) is 29.5 Å². The first-order valence-corrected chi connectivity index (χ1v) is 8.34. The van der Waals surface area contributed by atoms with E-state index in [9.17, 15) is 4.79 Å². The molecule has 1 spiro atoms. The van der Waals surface area contributed by atoms with Gasteiger partial charge < -0.3 is 5.32 Å². The number of hydrogen-bond acceptors (Lipinski definition) is 3. The lowest BCUT2D eigenvalue weighted by atomic mass is 9.73. The van der Waals surface area contributed by atoms with Crippen molar-refractivity contribution in [3.8, 4) is 6.07 Å². The highest BCUT2D eigenvalue weighted by Crippen LogP contribution is 2.45. The molecule has 120 valence electrons. The van der Waals surface area contributed by atoms with Gasteiger partial charge >= 0.3 is 0 Å². The molecule has 4 rings (SSSR count). The molecule has 24 heavy (non-hydrogen) atoms. The van der Waals surface area contributed by atoms with Gasteiger partial charge in [0.15, 0.2) is 0 Å². The molecule has 1 saturated heterocycles. The Morgan fingerprint density at radius 2 is 1.88 bits per heavy atom. The first-order chi connectivity index (χ1) is 11.7. The highest BCUT2D eigenvalue weighted by molar-refractivity contribution is 6.06. The lowest BCUT2D eigenvalue weighted by molar-refractivity contribution is -0.122. The number of nitriles is 1. The zero-order valence-electron chi connectivity index (χ0n) is 13.5. The number of rotatable bonds is 2. The van der Waals surface area contributed by atoms with Gasteiger partial charge in [-0.15, -0.1) is 0 Å². The van der Waals surface area contributed by atoms with Crippen LogP contribution in [0, 0.1) is 11.3 Å². The van der Waals surface area contributed by atoms with Crippen molar-refractivity contribution >= 4 is 11.6 Å². The summed E-state index contributed by atoms with van der Waals surface area (Å²) < 4.78 is 0. The van der Waals surface area contributed by atoms with Crippen LogP contribution in [0.5, 0.6) is 0 Å². The quantitative estimate of drug-likeness (QED) is 0.926. The Balaban J connectivity index is 1.55. The van der Waals surface area contributed by atoms with Crippen LogP contribution in [-0.2, 0) is 16.8 Å². The van der Waals surface area contributed by atoms with Crippen LogP contribution in [0.3, 0.4) is 0 Å². The highest BCUT2D eigenvalue weighted by Gasteiger charge is 2.48. The Morgan fingerprint density at radius 3 is 2.58 bits per heavy atom. The van der Waals surface area contributed by atoms with Crippen LogP contribution in [0.25, 0.3) is 0 Å². The molecule has 0 aromatic heterocycles. The second-order valence-corrected chi connectivity index (χ2v) is 6.67. The van der Waals surface area contributed by atoms with Gasteiger partial charge in [-0.1, -0.05) is 30.3 Å². The molecule has 2 aliphatic rings. The van der Waals surface area contributed by atoms with Crippen LogP contribution in [-0.4, -0.2) is 23.9 Å². The van der Waals surface area contributed by atoms with Crippen molar-refractivity contribution in [3.05, 3.63) is 65.2 Å². The normalized spacial score (nSPS) is 18.9. The van der Waals surface area contributed by atoms with Crippen LogP contribution in [0.15, 0.2) is 48.5 Å². The summed E-state index contributed by atoms with van der Waals surface area (Å²) in [6, 6.07) is 18.1. The van der Waals surface area contributed by atoms with Crippen molar-refractivity contribution in [2.45, 2.75) is 24.8 Å². The molecule has 2 heterocycles. The Hall–Kier alpha value is -2.64. The van der Waals surface area contributed by atoms with Crippen molar-refractivity contribution < 1.29 is 4.79 Å². The van der Waals surface area contributed by atoms with Gasteiger partial charge in [-0.2, -0.15) is 5.26 Å². The van der Waals surface area contributed by atoms with E-state index in [1.165, 1.54) is 5.56 Å². The average Bonchev–Trinajstić information content (AvgIpc) is 2.89. The molecule has 0 bridgehead atoms. The van der Waals surface area contributed by atoms with Crippen LogP contribution < -0.4 is 5.32 Å². The number of hydrogen-bond donors (Lipinski definition) is 1. The van der Waals surface area contributed by atoms with E-state index >= 15 is 0 Å². The van der Waals surface area contributed by atoms with Crippen LogP contribution >= 0.6 is 0 Å². The van der Waals surface area contributed by atoms with Crippen molar-refractivity contribution in [2.75, 3.05) is 18.4 Å². The number of nitrogens with zero attached hydrogens (tertiary/aromatic N) is 2. The van der Waals surface area contributed by atoms with Gasteiger partial charge in [-0.3, -0.25) is 9.69 Å². The standard InChI is InChI=1S/C20H19N3O/c21-13-16-6-7-18-17(12-16)20(19(24)22-18)8-10-23(11-9-20)14-15-4-2-1-3-5-15/h1-7,12H,8-11,14H2,(H,22,24). The van der Waals surface area contributed by atoms with E-state index in [1.807, 2.05) is 18.2 Å². The monoisotopic (exact) mass is 317 g/mol. The summed E-state index contributed by atoms with van der Waals surface area (Å²) in [6.07, 6.45) is 1.60. The van der Waals surface area contributed by atoms with E-state index in [0.29, 0.717) is 5.56 Å². The highest BCUT2D eigenvalue weighted by atomic mass is 16.2. The molecule has 1 amide bonds. The van der Waals surface area contributed by atoms with Gasteiger partial charge in [0.1, 0.15) is 0 Å². The van der Waals surface area contributed by atoms with Gasteiger partial charge in [0.2, 0.25) is 5.91 Å². The lowest BCUT2D eigenvalue weighted by Crippen LogP contribution is -2.46. The lowest BCUT2D eigenvalue weighted by Gasteiger charge is -2.38. The maximum Gasteiger partial charge on any atom is 0.235 e. The summed E-state index contributed by atoms with van der Waals surface area (Å²) >= 11 is 0. The fourth-order valence-corrected chi connectivity index (χ4v) is 3.91. The van der Waals surface area contributed by atoms with Crippen molar-refractivity contribution in [1.29, 1.82) is 5.26 Å². The summed E-state index contributed by atoms with van der Waals surface area (Å²) in [5.41, 5.74) is 3.34. The zero-order valence-corrected chi connectivity index (χ0v) is 13.5. The molecule has 4 heteroatoms. The third kappa shape index (κ3) is 2.38. The molecule has 0 aliphatic carbocycles. The Labute approximate surface area is 141 Å². The molecule has 0 saturated carbocycles. The topological polar surface area (TPSA) is 56.1 Å². The number of amides is 1. The fourth-order valence-electron chi connectivity index (χ4n) is 3.91. The predicted molar refractivity (Wildman–Crippen MR) is 92.4 cm³/mol. The minimum atomic E-state index is -0.463. The van der Waals surface area contributed by atoms with E-state index in [2.05, 4.69) is 40.6 Å². The third-order valence-electron chi connectivity index (χ3n) is 5.31. The molecule has 2 aromatic rings. The van der Waals surface area contributed by atoms with Crippen LogP contribution in [0.4, 0.5) is 5.69 Å². The van der Waals surface area contributed by atoms with E-state index in [-0.39, 0.29) is 5.91 Å². The number of carbonyl (C=O) groups is 1. The summed E-state index contributed by atoms with van der Waals surface area (Å²) in [4.78, 5) is 15.1. The Morgan fingerprint density at radius 1 is 1.12 bits per heavy atom. The van der Waals surface area contributed by atoms with Gasteiger partial charge in [0.05, 0.1) is 17.0 Å². The van der Waals surface area contributed by atoms with Crippen LogP contribution in [0.2, 0.25) is 0 Å². The fraction of sp³-hybridized carbons (Fsp3) is 0.300. The number of anilines is 1. The predicted octanol–water partition coefficient (Wildman–Crippen LogP) is 3.04. The first-order valence-electron chi connectivity index (χ1n) is 8.34. The molecule has 1 N–H and O–H groups in total. The van der Waals surface area contributed by atoms with E-state index in [1.54, 1.807) is 6.07 Å². The number of nitrogens with one attached hydrogen (secondary N) is 1. The molecule has 1 fully saturated rings. The number of fused-ring (bicyclic) bond motifs is 2. The Bertz CT molecular complexity index is 815. The summed E-state index contributed by atoms with van der Waals surface area (Å²) in [6.45, 7) is 2.70. The molecule has 4 nitrogen and oxygen atoms in total. The van der Waals surface area contributed by atoms with Crippen molar-refractivity contribution in [2.24, 2.45) is 0 Å². The molecule has 2 aromatic carbocycles. The zero-order chi connectivity index (χ0) is 16.6. The second kappa shape index (κ2) is 5.77. The van der Waals surface area contributed by atoms with Crippen molar-refractivity contribution in [1.82, 2.24) is 4.90 Å². The molecule has 2 aliphatic heterocycles. The van der Waals surface area contributed by atoms with Crippen molar-refractivity contribution in [3.63, 3.8) is 0 Å². The van der Waals surface area contributed by atoms with E-state index in [4.69, 9.17) is 5.26 Å². The number of benzene rings is 2. The molecular weight excluding hydrogens is 298 g/mol. The molecule has 0 unspecified atom stereocenters. The average molecular weight is 317 g/mol. The number of carbonyl (C=O) groups excluding carboxylic acids is 1. The summed E-state index contributed by atoms with van der Waals surface area (Å²) in [5, 5.41) is 12.2. The largest absolute Gasteiger partial charge is 0.325 e. The third-order valence-corrected chi connectivity index (χ3v) is 5.31. The van der Waals surface area contributed by atoms with Gasteiger partial charge in [0.25, 0.3) is 0 Å². The first kappa shape index (κ1) is 14.9. The van der Waals surface area contributed by atoms with Gasteiger partial charge in [-0.05, 0) is 55.3 Å². The maximum atomic E-state index is 12.7. The SMILES string of the molecule is N#Cc1ccc2c(c1)C1(CCN(Cc3ccccc3)CC1)C(=O)N2. The van der Waals surface area contributed by atoms with Gasteiger partial charge in [-0.25, -0.2) is 0 Å².